The molecule has 0 heterocycles. The van der Waals surface area contributed by atoms with E-state index in [2.05, 4.69) is 0 Å². The maximum absolute atomic E-state index is 4.85. The van der Waals surface area contributed by atoms with Gasteiger partial charge in [0.25, 0.3) is 0 Å². The Balaban J connectivity index is 0.000000215. The van der Waals surface area contributed by atoms with Gasteiger partial charge >= 0.3 is 16.5 Å². The number of methoxy groups -OCH3 is 1. The molecule has 0 saturated heterocycles. The number of rotatable bonds is 1. The Bertz CT molecular complexity index is 241. The van der Waals surface area contributed by atoms with Crippen LogP contribution in [0.5, 0.6) is 5.75 Å². The van der Waals surface area contributed by atoms with E-state index in [1.165, 1.54) is 0 Å². The summed E-state index contributed by atoms with van der Waals surface area (Å²) in [6.45, 7) is 0. The second-order valence-electron chi connectivity index (χ2n) is 2.29. The van der Waals surface area contributed by atoms with Gasteiger partial charge in [-0.3, -0.25) is 0 Å². The Morgan fingerprint density at radius 1 is 1.08 bits per heavy atom. The van der Waals surface area contributed by atoms with Gasteiger partial charge in [0, 0.05) is 5.75 Å². The topological polar surface area (TPSA) is 9.23 Å². The van der Waals surface area contributed by atoms with E-state index in [4.69, 9.17) is 4.74 Å². The molecule has 0 aliphatic carbocycles. The number of ether oxygens (including phenoxy) is 1. The molecule has 0 atom stereocenters. The molecule has 0 amide bonds. The van der Waals surface area contributed by atoms with Crippen molar-refractivity contribution in [2.75, 3.05) is 7.11 Å². The van der Waals surface area contributed by atoms with E-state index in [1.54, 1.807) is 7.11 Å². The standard InChI is InChI=1S/C6H7O.C5H5.Ni/c1-7-6-4-2-3-5-6;1-2-4-5-3-1;/h2-5H,1H3;1-5H;/q2*-1;+2. The van der Waals surface area contributed by atoms with Crippen molar-refractivity contribution in [3.8, 4) is 5.75 Å². The van der Waals surface area contributed by atoms with E-state index in [0.29, 0.717) is 0 Å². The van der Waals surface area contributed by atoms with E-state index in [1.807, 2.05) is 54.6 Å². The molecule has 0 N–H and O–H groups in total. The van der Waals surface area contributed by atoms with Crippen LogP contribution in [0.1, 0.15) is 0 Å². The third-order valence-corrected chi connectivity index (χ3v) is 1.42. The average Bonchev–Trinajstić information content (AvgIpc) is 2.81. The van der Waals surface area contributed by atoms with Crippen LogP contribution in [0.2, 0.25) is 0 Å². The Morgan fingerprint density at radius 3 is 2.00 bits per heavy atom. The average molecular weight is 219 g/mol. The normalized spacial score (nSPS) is 7.77. The summed E-state index contributed by atoms with van der Waals surface area (Å²) in [7, 11) is 1.66. The van der Waals surface area contributed by atoms with Crippen LogP contribution < -0.4 is 4.74 Å². The first kappa shape index (κ1) is 12.0. The minimum absolute atomic E-state index is 0. The van der Waals surface area contributed by atoms with E-state index in [9.17, 15) is 0 Å². The van der Waals surface area contributed by atoms with E-state index in [-0.39, 0.29) is 16.5 Å². The van der Waals surface area contributed by atoms with Crippen LogP contribution in [-0.4, -0.2) is 7.11 Å². The molecule has 2 rings (SSSR count). The molecule has 0 radical (unpaired) electrons. The van der Waals surface area contributed by atoms with Crippen molar-refractivity contribution in [1.82, 2.24) is 0 Å². The molecule has 1 nitrogen and oxygen atoms in total. The molecule has 72 valence electrons. The zero-order chi connectivity index (χ0) is 8.65. The molecule has 2 heteroatoms. The minimum Gasteiger partial charge on any atom is -0.523 e. The van der Waals surface area contributed by atoms with E-state index < -0.39 is 0 Å². The Hall–Kier alpha value is -1.01. The molecule has 0 fully saturated rings. The molecular formula is C11H12NiO. The third kappa shape index (κ3) is 5.27. The van der Waals surface area contributed by atoms with Crippen molar-refractivity contribution in [2.45, 2.75) is 0 Å². The van der Waals surface area contributed by atoms with Gasteiger partial charge in [-0.25, -0.2) is 18.2 Å². The van der Waals surface area contributed by atoms with Crippen molar-refractivity contribution in [3.05, 3.63) is 54.6 Å². The van der Waals surface area contributed by atoms with Gasteiger partial charge < -0.3 is 4.74 Å². The minimum atomic E-state index is 0. The first-order valence-electron chi connectivity index (χ1n) is 3.86. The van der Waals surface area contributed by atoms with Gasteiger partial charge in [0.15, 0.2) is 0 Å². The van der Waals surface area contributed by atoms with E-state index in [0.717, 1.165) is 5.75 Å². The Morgan fingerprint density at radius 2 is 1.77 bits per heavy atom. The zero-order valence-corrected chi connectivity index (χ0v) is 8.41. The summed E-state index contributed by atoms with van der Waals surface area (Å²) in [5, 5.41) is 0. The van der Waals surface area contributed by atoms with Crippen LogP contribution in [0.4, 0.5) is 0 Å². The first-order valence-corrected chi connectivity index (χ1v) is 3.86. The molecular weight excluding hydrogens is 207 g/mol. The molecule has 2 aromatic rings. The van der Waals surface area contributed by atoms with Gasteiger partial charge in [-0.1, -0.05) is 0 Å². The molecule has 0 unspecified atom stereocenters. The summed E-state index contributed by atoms with van der Waals surface area (Å²) < 4.78 is 4.85. The second-order valence-corrected chi connectivity index (χ2v) is 2.29. The fourth-order valence-electron chi connectivity index (χ4n) is 0.813. The number of hydrogen-bond acceptors (Lipinski definition) is 1. The van der Waals surface area contributed by atoms with Gasteiger partial charge in [-0.05, 0) is 0 Å². The summed E-state index contributed by atoms with van der Waals surface area (Å²) in [6.07, 6.45) is 0. The van der Waals surface area contributed by atoms with Crippen molar-refractivity contribution in [1.29, 1.82) is 0 Å². The predicted molar refractivity (Wildman–Crippen MR) is 50.6 cm³/mol. The Kier molecular flexibility index (Phi) is 7.04. The maximum Gasteiger partial charge on any atom is 2.00 e. The monoisotopic (exact) mass is 218 g/mol. The summed E-state index contributed by atoms with van der Waals surface area (Å²) >= 11 is 0. The largest absolute Gasteiger partial charge is 2.00 e. The summed E-state index contributed by atoms with van der Waals surface area (Å²) in [5.74, 6) is 0.931. The van der Waals surface area contributed by atoms with Crippen molar-refractivity contribution in [3.63, 3.8) is 0 Å². The van der Waals surface area contributed by atoms with Crippen LogP contribution in [-0.2, 0) is 16.5 Å². The Labute approximate surface area is 89.0 Å². The molecule has 0 aliphatic heterocycles. The summed E-state index contributed by atoms with van der Waals surface area (Å²) in [5.41, 5.74) is 0. The third-order valence-electron chi connectivity index (χ3n) is 1.42. The van der Waals surface area contributed by atoms with Crippen molar-refractivity contribution < 1.29 is 21.2 Å². The molecule has 0 spiro atoms. The van der Waals surface area contributed by atoms with Crippen LogP contribution in [0.15, 0.2) is 54.6 Å². The summed E-state index contributed by atoms with van der Waals surface area (Å²) in [4.78, 5) is 0. The van der Waals surface area contributed by atoms with Gasteiger partial charge in [-0.2, -0.15) is 30.3 Å². The zero-order valence-electron chi connectivity index (χ0n) is 7.42. The molecule has 0 bridgehead atoms. The molecule has 0 aromatic heterocycles. The van der Waals surface area contributed by atoms with Crippen LogP contribution >= 0.6 is 0 Å². The fraction of sp³-hybridized carbons (Fsp3) is 0.0909. The predicted octanol–water partition coefficient (Wildman–Crippen LogP) is 2.82. The van der Waals surface area contributed by atoms with Gasteiger partial charge in [0.05, 0.1) is 7.11 Å². The number of hydrogen-bond donors (Lipinski definition) is 0. The van der Waals surface area contributed by atoms with Gasteiger partial charge in [0.1, 0.15) is 0 Å². The molecule has 13 heavy (non-hydrogen) atoms. The molecule has 0 saturated carbocycles. The van der Waals surface area contributed by atoms with Crippen LogP contribution in [0.3, 0.4) is 0 Å². The quantitative estimate of drug-likeness (QED) is 0.529. The van der Waals surface area contributed by atoms with E-state index >= 15 is 0 Å². The van der Waals surface area contributed by atoms with Crippen molar-refractivity contribution >= 4 is 0 Å². The molecule has 2 aromatic carbocycles. The fourth-order valence-corrected chi connectivity index (χ4v) is 0.813. The van der Waals surface area contributed by atoms with Crippen LogP contribution in [0, 0.1) is 0 Å². The SMILES string of the molecule is COc1ccc[cH-]1.[Ni+2].c1cc[cH-]c1. The smallest absolute Gasteiger partial charge is 0.523 e. The summed E-state index contributed by atoms with van der Waals surface area (Å²) in [6, 6.07) is 17.7. The van der Waals surface area contributed by atoms with Gasteiger partial charge in [0.2, 0.25) is 0 Å². The second kappa shape index (κ2) is 7.63. The first-order chi connectivity index (χ1) is 5.93. The van der Waals surface area contributed by atoms with Crippen molar-refractivity contribution in [2.24, 2.45) is 0 Å². The van der Waals surface area contributed by atoms with Crippen LogP contribution in [0.25, 0.3) is 0 Å². The maximum atomic E-state index is 4.85. The molecule has 0 aliphatic rings. The van der Waals surface area contributed by atoms with Gasteiger partial charge in [-0.15, -0.1) is 6.07 Å².